The molecule has 1 aliphatic heterocycles. The molecule has 0 unspecified atom stereocenters. The number of aromatic hydroxyl groups is 2. The molecule has 8 nitrogen and oxygen atoms in total. The van der Waals surface area contributed by atoms with E-state index < -0.39 is 22.8 Å². The number of nitrogens with zero attached hydrogens (tertiary/aromatic N) is 2. The third kappa shape index (κ3) is 3.20. The summed E-state index contributed by atoms with van der Waals surface area (Å²) in [5.41, 5.74) is 0.00587. The van der Waals surface area contributed by atoms with Gasteiger partial charge in [0.1, 0.15) is 11.6 Å². The topological polar surface area (TPSA) is 126 Å². The average Bonchev–Trinajstić information content (AvgIpc) is 3.65. The van der Waals surface area contributed by atoms with Gasteiger partial charge in [0.2, 0.25) is 0 Å². The SMILES string of the molecule is Cc1ccnc(NC(=O)C2=C(O)[C@H](C)[C@]34CCN(CC5CC5)[C@H](Cc5ccc(O)c(O)c53)[C@]4(O)C2)c1. The lowest BCUT2D eigenvalue weighted by molar-refractivity contribution is -0.171. The molecule has 4 aliphatic rings. The highest BCUT2D eigenvalue weighted by atomic mass is 16.3. The summed E-state index contributed by atoms with van der Waals surface area (Å²) in [6.07, 6.45) is 4.92. The normalized spacial score (nSPS) is 31.5. The minimum absolute atomic E-state index is 0.0544. The number of aliphatic hydroxyl groups is 2. The van der Waals surface area contributed by atoms with E-state index in [1.165, 1.54) is 18.9 Å². The Hall–Kier alpha value is -3.10. The number of amides is 1. The van der Waals surface area contributed by atoms with Crippen LogP contribution in [0.1, 0.15) is 49.3 Å². The van der Waals surface area contributed by atoms with Gasteiger partial charge in [-0.2, -0.15) is 0 Å². The molecule has 190 valence electrons. The van der Waals surface area contributed by atoms with E-state index >= 15 is 0 Å². The summed E-state index contributed by atoms with van der Waals surface area (Å²) < 4.78 is 0. The van der Waals surface area contributed by atoms with Gasteiger partial charge in [0.05, 0.1) is 11.2 Å². The van der Waals surface area contributed by atoms with Gasteiger partial charge >= 0.3 is 0 Å². The molecule has 1 aromatic carbocycles. The molecule has 2 fully saturated rings. The Kier molecular flexibility index (Phi) is 5.15. The fraction of sp³-hybridized carbons (Fsp3) is 0.500. The lowest BCUT2D eigenvalue weighted by Gasteiger charge is -2.65. The summed E-state index contributed by atoms with van der Waals surface area (Å²) in [6, 6.07) is 6.62. The van der Waals surface area contributed by atoms with Crippen molar-refractivity contribution in [1.29, 1.82) is 0 Å². The first kappa shape index (κ1) is 23.3. The molecule has 2 aromatic rings. The van der Waals surface area contributed by atoms with Gasteiger partial charge < -0.3 is 25.7 Å². The third-order valence-electron chi connectivity index (χ3n) is 9.19. The molecular weight excluding hydrogens is 458 g/mol. The second-order valence-corrected chi connectivity index (χ2v) is 11.2. The van der Waals surface area contributed by atoms with Crippen LogP contribution in [0, 0.1) is 18.8 Å². The summed E-state index contributed by atoms with van der Waals surface area (Å²) in [4.78, 5) is 20.0. The van der Waals surface area contributed by atoms with Crippen LogP contribution in [0.25, 0.3) is 0 Å². The van der Waals surface area contributed by atoms with Gasteiger partial charge in [0, 0.05) is 42.1 Å². The third-order valence-corrected chi connectivity index (χ3v) is 9.19. The maximum absolute atomic E-state index is 13.4. The number of benzene rings is 1. The quantitative estimate of drug-likeness (QED) is 0.416. The van der Waals surface area contributed by atoms with E-state index in [1.54, 1.807) is 12.3 Å². The minimum Gasteiger partial charge on any atom is -0.512 e. The molecular formula is C28H33N3O5. The second-order valence-electron chi connectivity index (χ2n) is 11.2. The second kappa shape index (κ2) is 7.95. The van der Waals surface area contributed by atoms with E-state index in [1.807, 2.05) is 26.0 Å². The first-order valence-corrected chi connectivity index (χ1v) is 12.8. The highest BCUT2D eigenvalue weighted by molar-refractivity contribution is 6.04. The van der Waals surface area contributed by atoms with Crippen LogP contribution in [0.3, 0.4) is 0 Å². The van der Waals surface area contributed by atoms with Gasteiger partial charge in [-0.05, 0) is 74.4 Å². The molecule has 4 atom stereocenters. The highest BCUT2D eigenvalue weighted by Gasteiger charge is 2.69. The summed E-state index contributed by atoms with van der Waals surface area (Å²) in [5.74, 6) is -0.707. The van der Waals surface area contributed by atoms with E-state index in [9.17, 15) is 25.2 Å². The number of pyridine rings is 1. The Morgan fingerprint density at radius 3 is 2.72 bits per heavy atom. The van der Waals surface area contributed by atoms with Gasteiger partial charge in [0.15, 0.2) is 11.5 Å². The number of anilines is 1. The number of phenols is 2. The Balaban J connectivity index is 1.48. The number of carbonyl (C=O) groups excluding carboxylic acids is 1. The number of phenolic OH excluding ortho intramolecular Hbond substituents is 2. The molecule has 1 aromatic heterocycles. The van der Waals surface area contributed by atoms with Crippen LogP contribution in [0.4, 0.5) is 5.82 Å². The van der Waals surface area contributed by atoms with Crippen molar-refractivity contribution >= 4 is 11.7 Å². The fourth-order valence-corrected chi connectivity index (χ4v) is 7.21. The van der Waals surface area contributed by atoms with Crippen molar-refractivity contribution in [3.05, 3.63) is 58.5 Å². The van der Waals surface area contributed by atoms with Crippen LogP contribution >= 0.6 is 0 Å². The number of hydrogen-bond donors (Lipinski definition) is 5. The van der Waals surface area contributed by atoms with Crippen LogP contribution in [-0.2, 0) is 16.6 Å². The number of likely N-dealkylation sites (tertiary alicyclic amines) is 1. The van der Waals surface area contributed by atoms with E-state index in [2.05, 4.69) is 15.2 Å². The molecule has 6 rings (SSSR count). The monoisotopic (exact) mass is 491 g/mol. The van der Waals surface area contributed by atoms with Crippen LogP contribution < -0.4 is 5.32 Å². The van der Waals surface area contributed by atoms with Crippen LogP contribution in [0.2, 0.25) is 0 Å². The molecule has 0 radical (unpaired) electrons. The van der Waals surface area contributed by atoms with Crippen molar-refractivity contribution in [2.75, 3.05) is 18.4 Å². The van der Waals surface area contributed by atoms with E-state index in [0.29, 0.717) is 36.7 Å². The van der Waals surface area contributed by atoms with Crippen LogP contribution in [0.5, 0.6) is 11.5 Å². The molecule has 3 aliphatic carbocycles. The van der Waals surface area contributed by atoms with Crippen molar-refractivity contribution in [2.24, 2.45) is 11.8 Å². The standard InChI is InChI=1S/C28H33N3O5/c1-15-7-9-29-22(11-15)30-26(35)19-13-28(36)21-12-18-5-6-20(32)25(34)23(18)27(28,16(2)24(19)33)8-10-31(21)14-17-3-4-17/h5-7,9,11,16-17,21,32-34,36H,3-4,8,10,12-14H2,1-2H3,(H,29,30,35)/t16-,21+,27+,28+/m0/s1. The largest absolute Gasteiger partial charge is 0.512 e. The smallest absolute Gasteiger partial charge is 0.256 e. The summed E-state index contributed by atoms with van der Waals surface area (Å²) in [7, 11) is 0. The Bertz CT molecular complexity index is 1290. The van der Waals surface area contributed by atoms with Crippen LogP contribution in [0.15, 0.2) is 41.8 Å². The summed E-state index contributed by atoms with van der Waals surface area (Å²) >= 11 is 0. The zero-order valence-electron chi connectivity index (χ0n) is 20.7. The van der Waals surface area contributed by atoms with E-state index in [0.717, 1.165) is 17.7 Å². The lowest BCUT2D eigenvalue weighted by atomic mass is 9.46. The highest BCUT2D eigenvalue weighted by Crippen LogP contribution is 2.63. The predicted molar refractivity (Wildman–Crippen MR) is 134 cm³/mol. The maximum atomic E-state index is 13.4. The molecule has 0 spiro atoms. The van der Waals surface area contributed by atoms with E-state index in [4.69, 9.17) is 0 Å². The molecule has 1 amide bonds. The van der Waals surface area contributed by atoms with Crippen molar-refractivity contribution in [1.82, 2.24) is 9.88 Å². The summed E-state index contributed by atoms with van der Waals surface area (Å²) in [5, 5.41) is 48.4. The number of allylic oxidation sites excluding steroid dienone is 1. The molecule has 2 bridgehead atoms. The molecule has 1 saturated carbocycles. The number of hydrogen-bond acceptors (Lipinski definition) is 7. The minimum atomic E-state index is -1.42. The van der Waals surface area contributed by atoms with Gasteiger partial charge in [-0.15, -0.1) is 0 Å². The Morgan fingerprint density at radius 1 is 1.22 bits per heavy atom. The number of aromatic nitrogens is 1. The van der Waals surface area contributed by atoms with Crippen molar-refractivity contribution in [3.63, 3.8) is 0 Å². The zero-order valence-corrected chi connectivity index (χ0v) is 20.7. The lowest BCUT2D eigenvalue weighted by Crippen LogP contribution is -2.75. The van der Waals surface area contributed by atoms with Gasteiger partial charge in [0.25, 0.3) is 5.91 Å². The zero-order chi connectivity index (χ0) is 25.4. The number of piperidine rings is 1. The number of nitrogens with one attached hydrogen (secondary N) is 1. The van der Waals surface area contributed by atoms with Crippen molar-refractivity contribution in [3.8, 4) is 11.5 Å². The number of aliphatic hydroxyl groups excluding tert-OH is 1. The number of rotatable bonds is 4. The predicted octanol–water partition coefficient (Wildman–Crippen LogP) is 3.30. The van der Waals surface area contributed by atoms with Gasteiger partial charge in [-0.3, -0.25) is 9.69 Å². The molecule has 36 heavy (non-hydrogen) atoms. The maximum Gasteiger partial charge on any atom is 0.256 e. The first-order valence-electron chi connectivity index (χ1n) is 12.8. The molecule has 8 heteroatoms. The van der Waals surface area contributed by atoms with Gasteiger partial charge in [-0.25, -0.2) is 4.98 Å². The number of aryl methyl sites for hydroxylation is 1. The summed E-state index contributed by atoms with van der Waals surface area (Å²) in [6.45, 7) is 5.32. The van der Waals surface area contributed by atoms with Gasteiger partial charge in [-0.1, -0.05) is 13.0 Å². The van der Waals surface area contributed by atoms with Crippen LogP contribution in [-0.4, -0.2) is 60.9 Å². The van der Waals surface area contributed by atoms with Crippen molar-refractivity contribution in [2.45, 2.75) is 63.0 Å². The average molecular weight is 492 g/mol. The van der Waals surface area contributed by atoms with Crippen molar-refractivity contribution < 1.29 is 25.2 Å². The Labute approximate surface area is 210 Å². The molecule has 1 saturated heterocycles. The fourth-order valence-electron chi connectivity index (χ4n) is 7.21. The molecule has 5 N–H and O–H groups in total. The van der Waals surface area contributed by atoms with E-state index in [-0.39, 0.29) is 35.3 Å². The number of carbonyl (C=O) groups is 1. The number of fused-ring (bicyclic) bond motifs is 1. The molecule has 2 heterocycles. The Morgan fingerprint density at radius 2 is 2.00 bits per heavy atom. The first-order chi connectivity index (χ1) is 17.2.